The summed E-state index contributed by atoms with van der Waals surface area (Å²) >= 11 is 0. The molecule has 0 saturated carbocycles. The zero-order valence-corrected chi connectivity index (χ0v) is 8.33. The van der Waals surface area contributed by atoms with Crippen LogP contribution in [0, 0.1) is 0 Å². The largest absolute Gasteiger partial charge is 0.370 e. The van der Waals surface area contributed by atoms with Gasteiger partial charge in [0.1, 0.15) is 0 Å². The van der Waals surface area contributed by atoms with Gasteiger partial charge in [-0.15, -0.1) is 0 Å². The lowest BCUT2D eigenvalue weighted by Gasteiger charge is -2.01. The van der Waals surface area contributed by atoms with Gasteiger partial charge < -0.3 is 16.8 Å². The van der Waals surface area contributed by atoms with E-state index in [0.717, 1.165) is 18.7 Å². The summed E-state index contributed by atoms with van der Waals surface area (Å²) in [6.45, 7) is 0.950. The maximum absolute atomic E-state index is 5.29. The van der Waals surface area contributed by atoms with E-state index in [1.807, 2.05) is 25.2 Å². The van der Waals surface area contributed by atoms with E-state index < -0.39 is 0 Å². The van der Waals surface area contributed by atoms with Crippen molar-refractivity contribution in [1.82, 2.24) is 5.32 Å². The minimum absolute atomic E-state index is 0.0933. The Hall–Kier alpha value is -1.55. The third kappa shape index (κ3) is 3.45. The molecular weight excluding hydrogens is 176 g/mol. The van der Waals surface area contributed by atoms with Gasteiger partial charge in [0.2, 0.25) is 0 Å². The van der Waals surface area contributed by atoms with Gasteiger partial charge in [-0.2, -0.15) is 0 Å². The molecule has 14 heavy (non-hydrogen) atoms. The van der Waals surface area contributed by atoms with E-state index in [2.05, 4.69) is 16.4 Å². The Labute approximate surface area is 84.0 Å². The first-order valence-corrected chi connectivity index (χ1v) is 4.55. The Bertz CT molecular complexity index is 316. The molecule has 0 heterocycles. The Morgan fingerprint density at radius 2 is 2.21 bits per heavy atom. The van der Waals surface area contributed by atoms with Gasteiger partial charge in [0, 0.05) is 0 Å². The number of benzene rings is 1. The highest BCUT2D eigenvalue weighted by atomic mass is 15.0. The third-order valence-electron chi connectivity index (χ3n) is 1.83. The van der Waals surface area contributed by atoms with Gasteiger partial charge in [-0.1, -0.05) is 12.1 Å². The van der Waals surface area contributed by atoms with Crippen molar-refractivity contribution < 1.29 is 0 Å². The molecule has 0 radical (unpaired) electrons. The van der Waals surface area contributed by atoms with Crippen molar-refractivity contribution in [2.24, 2.45) is 16.5 Å². The van der Waals surface area contributed by atoms with E-state index in [1.54, 1.807) is 0 Å². The molecule has 0 unspecified atom stereocenters. The van der Waals surface area contributed by atoms with E-state index in [0.29, 0.717) is 0 Å². The van der Waals surface area contributed by atoms with Gasteiger partial charge >= 0.3 is 0 Å². The average molecular weight is 192 g/mol. The summed E-state index contributed by atoms with van der Waals surface area (Å²) in [5.41, 5.74) is 12.6. The van der Waals surface area contributed by atoms with Crippen LogP contribution in [0.2, 0.25) is 0 Å². The lowest BCUT2D eigenvalue weighted by atomic mass is 10.1. The number of aliphatic imine (C=N–C) groups is 1. The normalized spacial score (nSPS) is 9.79. The van der Waals surface area contributed by atoms with Crippen LogP contribution >= 0.6 is 0 Å². The van der Waals surface area contributed by atoms with Gasteiger partial charge in [-0.05, 0) is 37.7 Å². The summed E-state index contributed by atoms with van der Waals surface area (Å²) < 4.78 is 0. The number of rotatable bonds is 4. The molecule has 0 saturated heterocycles. The first kappa shape index (κ1) is 10.5. The molecule has 0 aliphatic rings. The minimum Gasteiger partial charge on any atom is -0.370 e. The maximum Gasteiger partial charge on any atom is 0.191 e. The van der Waals surface area contributed by atoms with Crippen LogP contribution in [0.1, 0.15) is 5.56 Å². The Morgan fingerprint density at radius 1 is 1.43 bits per heavy atom. The molecule has 1 aromatic carbocycles. The molecule has 0 aromatic heterocycles. The van der Waals surface area contributed by atoms with Crippen molar-refractivity contribution >= 4 is 11.6 Å². The minimum atomic E-state index is 0.0933. The molecule has 0 amide bonds. The van der Waals surface area contributed by atoms with E-state index in [9.17, 15) is 0 Å². The average Bonchev–Trinajstić information content (AvgIpc) is 2.14. The van der Waals surface area contributed by atoms with Crippen LogP contribution in [0.3, 0.4) is 0 Å². The van der Waals surface area contributed by atoms with E-state index in [1.165, 1.54) is 5.56 Å². The number of likely N-dealkylation sites (N-methyl/N-ethyl adjacent to an activating group) is 1. The smallest absolute Gasteiger partial charge is 0.191 e. The van der Waals surface area contributed by atoms with Gasteiger partial charge in [-0.25, -0.2) is 4.99 Å². The van der Waals surface area contributed by atoms with Crippen molar-refractivity contribution in [2.45, 2.75) is 6.42 Å². The van der Waals surface area contributed by atoms with Crippen LogP contribution in [-0.2, 0) is 6.42 Å². The first-order valence-electron chi connectivity index (χ1n) is 4.55. The summed E-state index contributed by atoms with van der Waals surface area (Å²) in [5, 5.41) is 3.09. The summed E-state index contributed by atoms with van der Waals surface area (Å²) in [6, 6.07) is 7.87. The lowest BCUT2D eigenvalue weighted by Crippen LogP contribution is -2.21. The van der Waals surface area contributed by atoms with Crippen molar-refractivity contribution in [1.29, 1.82) is 0 Å². The molecule has 76 valence electrons. The molecule has 1 rings (SSSR count). The number of hydrogen-bond donors (Lipinski definition) is 3. The quantitative estimate of drug-likeness (QED) is 0.476. The van der Waals surface area contributed by atoms with Crippen LogP contribution in [0.5, 0.6) is 0 Å². The second-order valence-electron chi connectivity index (χ2n) is 3.06. The fourth-order valence-electron chi connectivity index (χ4n) is 1.20. The maximum atomic E-state index is 5.29. The molecule has 0 bridgehead atoms. The topological polar surface area (TPSA) is 76.4 Å². The predicted molar refractivity (Wildman–Crippen MR) is 59.5 cm³/mol. The second kappa shape index (κ2) is 5.24. The highest BCUT2D eigenvalue weighted by molar-refractivity contribution is 5.79. The number of nitrogens with two attached hydrogens (primary N) is 2. The van der Waals surface area contributed by atoms with Crippen LogP contribution < -0.4 is 16.8 Å². The van der Waals surface area contributed by atoms with E-state index in [-0.39, 0.29) is 5.96 Å². The molecule has 0 atom stereocenters. The highest BCUT2D eigenvalue weighted by Gasteiger charge is 1.94. The van der Waals surface area contributed by atoms with Crippen LogP contribution in [0.4, 0.5) is 5.69 Å². The highest BCUT2D eigenvalue weighted by Crippen LogP contribution is 2.13. The molecular formula is C10H16N4. The fraction of sp³-hybridized carbons (Fsp3) is 0.300. The predicted octanol–water partition coefficient (Wildman–Crippen LogP) is 0.353. The number of guanidine groups is 1. The standard InChI is InChI=1S/C10H16N4/c1-13-6-5-8-3-2-4-9(7-8)14-10(11)12/h2-4,7,13H,5-6H2,1H3,(H4,11,12,14). The molecule has 0 aliphatic carbocycles. The van der Waals surface area contributed by atoms with Gasteiger partial charge in [0.15, 0.2) is 5.96 Å². The van der Waals surface area contributed by atoms with E-state index in [4.69, 9.17) is 11.5 Å². The molecule has 4 nitrogen and oxygen atoms in total. The molecule has 1 aromatic rings. The first-order chi connectivity index (χ1) is 6.72. The summed E-state index contributed by atoms with van der Waals surface area (Å²) in [4.78, 5) is 3.98. The van der Waals surface area contributed by atoms with Crippen molar-refractivity contribution in [3.8, 4) is 0 Å². The monoisotopic (exact) mass is 192 g/mol. The van der Waals surface area contributed by atoms with Crippen LogP contribution in [0.25, 0.3) is 0 Å². The third-order valence-corrected chi connectivity index (χ3v) is 1.83. The second-order valence-corrected chi connectivity index (χ2v) is 3.06. The number of nitrogens with one attached hydrogen (secondary N) is 1. The van der Waals surface area contributed by atoms with E-state index >= 15 is 0 Å². The van der Waals surface area contributed by atoms with Gasteiger partial charge in [0.25, 0.3) is 0 Å². The SMILES string of the molecule is CNCCc1cccc(N=C(N)N)c1. The zero-order valence-electron chi connectivity index (χ0n) is 8.33. The van der Waals surface area contributed by atoms with Crippen molar-refractivity contribution in [3.63, 3.8) is 0 Å². The Morgan fingerprint density at radius 3 is 2.86 bits per heavy atom. The van der Waals surface area contributed by atoms with Gasteiger partial charge in [0.05, 0.1) is 5.69 Å². The Kier molecular flexibility index (Phi) is 3.94. The van der Waals surface area contributed by atoms with Crippen molar-refractivity contribution in [2.75, 3.05) is 13.6 Å². The molecule has 0 fully saturated rings. The summed E-state index contributed by atoms with van der Waals surface area (Å²) in [5.74, 6) is 0.0933. The molecule has 5 N–H and O–H groups in total. The van der Waals surface area contributed by atoms with Gasteiger partial charge in [-0.3, -0.25) is 0 Å². The van der Waals surface area contributed by atoms with Crippen LogP contribution in [0.15, 0.2) is 29.3 Å². The summed E-state index contributed by atoms with van der Waals surface area (Å²) in [6.07, 6.45) is 0.977. The molecule has 4 heteroatoms. The van der Waals surface area contributed by atoms with Crippen molar-refractivity contribution in [3.05, 3.63) is 29.8 Å². The number of nitrogens with zero attached hydrogens (tertiary/aromatic N) is 1. The van der Waals surface area contributed by atoms with Crippen LogP contribution in [-0.4, -0.2) is 19.6 Å². The number of hydrogen-bond acceptors (Lipinski definition) is 2. The molecule has 0 aliphatic heterocycles. The zero-order chi connectivity index (χ0) is 10.4. The molecule has 0 spiro atoms. The Balaban J connectivity index is 2.74. The fourth-order valence-corrected chi connectivity index (χ4v) is 1.20. The lowest BCUT2D eigenvalue weighted by molar-refractivity contribution is 0.792. The summed E-state index contributed by atoms with van der Waals surface area (Å²) in [7, 11) is 1.93.